The fourth-order valence-corrected chi connectivity index (χ4v) is 2.72. The van der Waals surface area contributed by atoms with E-state index in [0.29, 0.717) is 0 Å². The Hall–Kier alpha value is -0.940. The molecule has 18 heavy (non-hydrogen) atoms. The molecule has 4 nitrogen and oxygen atoms in total. The molecule has 0 aliphatic carbocycles. The largest absolute Gasteiger partial charge is 0.303 e. The van der Waals surface area contributed by atoms with Crippen molar-refractivity contribution in [2.75, 3.05) is 39.5 Å². The van der Waals surface area contributed by atoms with Crippen molar-refractivity contribution >= 4 is 0 Å². The second-order valence-electron chi connectivity index (χ2n) is 5.24. The summed E-state index contributed by atoms with van der Waals surface area (Å²) in [5.41, 5.74) is 2.87. The summed E-state index contributed by atoms with van der Waals surface area (Å²) in [5.74, 6) is 0. The van der Waals surface area contributed by atoms with Gasteiger partial charge in [-0.15, -0.1) is 0 Å². The molecule has 0 unspecified atom stereocenters. The second-order valence-corrected chi connectivity index (χ2v) is 5.24. The van der Waals surface area contributed by atoms with E-state index < -0.39 is 0 Å². The average molecular weight is 246 g/mol. The van der Waals surface area contributed by atoms with Gasteiger partial charge in [0.05, 0.1) is 0 Å². The molecule has 0 amide bonds. The first kappa shape index (κ1) is 12.1. The van der Waals surface area contributed by atoms with Crippen molar-refractivity contribution in [3.8, 4) is 0 Å². The molecule has 0 aromatic heterocycles. The van der Waals surface area contributed by atoms with E-state index in [-0.39, 0.29) is 0 Å². The standard InChI is InChI=1S/C14H22N4/c1-2-13(9-17-6-4-15-11-17)8-14(3-1)10-18-7-5-16-12-18/h1-3,8,15-16H,4-7,9-12H2. The molecule has 2 heterocycles. The van der Waals surface area contributed by atoms with Crippen LogP contribution in [0.4, 0.5) is 0 Å². The van der Waals surface area contributed by atoms with Gasteiger partial charge in [0.25, 0.3) is 0 Å². The van der Waals surface area contributed by atoms with Gasteiger partial charge >= 0.3 is 0 Å². The Bertz CT molecular complexity index is 348. The van der Waals surface area contributed by atoms with Crippen molar-refractivity contribution in [2.24, 2.45) is 0 Å². The topological polar surface area (TPSA) is 30.5 Å². The zero-order valence-corrected chi connectivity index (χ0v) is 10.9. The smallest absolute Gasteiger partial charge is 0.0484 e. The maximum absolute atomic E-state index is 3.38. The van der Waals surface area contributed by atoms with Crippen molar-refractivity contribution in [3.05, 3.63) is 35.4 Å². The highest BCUT2D eigenvalue weighted by atomic mass is 15.3. The van der Waals surface area contributed by atoms with E-state index in [4.69, 9.17) is 0 Å². The summed E-state index contributed by atoms with van der Waals surface area (Å²) in [4.78, 5) is 4.91. The third-order valence-electron chi connectivity index (χ3n) is 3.68. The molecule has 2 aliphatic heterocycles. The molecule has 98 valence electrons. The van der Waals surface area contributed by atoms with Crippen LogP contribution in [0, 0.1) is 0 Å². The lowest BCUT2D eigenvalue weighted by Crippen LogP contribution is -2.22. The lowest BCUT2D eigenvalue weighted by molar-refractivity contribution is 0.322. The maximum atomic E-state index is 3.38. The molecule has 4 heteroatoms. The molecule has 3 rings (SSSR count). The first-order valence-electron chi connectivity index (χ1n) is 6.84. The summed E-state index contributed by atoms with van der Waals surface area (Å²) in [6, 6.07) is 9.03. The SMILES string of the molecule is c1cc(CN2CCNC2)cc(CN2CCNC2)c1. The lowest BCUT2D eigenvalue weighted by atomic mass is 10.1. The van der Waals surface area contributed by atoms with E-state index in [1.165, 1.54) is 24.2 Å². The molecular formula is C14H22N4. The van der Waals surface area contributed by atoms with E-state index in [2.05, 4.69) is 44.7 Å². The zero-order valence-electron chi connectivity index (χ0n) is 10.9. The van der Waals surface area contributed by atoms with E-state index in [0.717, 1.165) is 39.5 Å². The van der Waals surface area contributed by atoms with Gasteiger partial charge in [-0.3, -0.25) is 9.80 Å². The number of nitrogens with zero attached hydrogens (tertiary/aromatic N) is 2. The quantitative estimate of drug-likeness (QED) is 0.806. The van der Waals surface area contributed by atoms with Crippen LogP contribution >= 0.6 is 0 Å². The first-order valence-corrected chi connectivity index (χ1v) is 6.84. The monoisotopic (exact) mass is 246 g/mol. The number of hydrogen-bond acceptors (Lipinski definition) is 4. The minimum atomic E-state index is 1.03. The van der Waals surface area contributed by atoms with E-state index in [1.807, 2.05) is 0 Å². The molecule has 0 spiro atoms. The molecule has 2 aliphatic rings. The van der Waals surface area contributed by atoms with Gasteiger partial charge < -0.3 is 10.6 Å². The summed E-state index contributed by atoms with van der Waals surface area (Å²) < 4.78 is 0. The average Bonchev–Trinajstić information content (AvgIpc) is 3.03. The van der Waals surface area contributed by atoms with Crippen LogP contribution in [0.15, 0.2) is 24.3 Å². The highest BCUT2D eigenvalue weighted by Gasteiger charge is 2.13. The van der Waals surface area contributed by atoms with Crippen LogP contribution in [-0.4, -0.2) is 49.3 Å². The Labute approximate surface area is 109 Å². The van der Waals surface area contributed by atoms with E-state index in [1.54, 1.807) is 0 Å². The summed E-state index contributed by atoms with van der Waals surface area (Å²) in [6.45, 7) is 8.78. The number of hydrogen-bond donors (Lipinski definition) is 2. The van der Waals surface area contributed by atoms with Crippen molar-refractivity contribution in [1.29, 1.82) is 0 Å². The highest BCUT2D eigenvalue weighted by molar-refractivity contribution is 5.23. The molecule has 0 radical (unpaired) electrons. The van der Waals surface area contributed by atoms with Gasteiger partial charge in [-0.2, -0.15) is 0 Å². The zero-order chi connectivity index (χ0) is 12.2. The molecule has 0 atom stereocenters. The van der Waals surface area contributed by atoms with Crippen LogP contribution in [0.3, 0.4) is 0 Å². The van der Waals surface area contributed by atoms with Crippen molar-refractivity contribution in [1.82, 2.24) is 20.4 Å². The first-order chi connectivity index (χ1) is 8.90. The van der Waals surface area contributed by atoms with Crippen LogP contribution in [0.2, 0.25) is 0 Å². The normalized spacial score (nSPS) is 21.8. The Kier molecular flexibility index (Phi) is 3.90. The van der Waals surface area contributed by atoms with Crippen molar-refractivity contribution < 1.29 is 0 Å². The van der Waals surface area contributed by atoms with Gasteiger partial charge in [0.1, 0.15) is 0 Å². The Balaban J connectivity index is 1.60. The van der Waals surface area contributed by atoms with Gasteiger partial charge in [-0.1, -0.05) is 24.3 Å². The third-order valence-corrected chi connectivity index (χ3v) is 3.68. The maximum Gasteiger partial charge on any atom is 0.0484 e. The van der Waals surface area contributed by atoms with E-state index >= 15 is 0 Å². The van der Waals surface area contributed by atoms with Gasteiger partial charge in [-0.25, -0.2) is 0 Å². The van der Waals surface area contributed by atoms with Crippen LogP contribution < -0.4 is 10.6 Å². The van der Waals surface area contributed by atoms with Gasteiger partial charge in [0.2, 0.25) is 0 Å². The van der Waals surface area contributed by atoms with E-state index in [9.17, 15) is 0 Å². The minimum absolute atomic E-state index is 1.03. The second kappa shape index (κ2) is 5.80. The number of benzene rings is 1. The molecule has 2 N–H and O–H groups in total. The van der Waals surface area contributed by atoms with Gasteiger partial charge in [-0.05, 0) is 11.1 Å². The summed E-state index contributed by atoms with van der Waals surface area (Å²) in [7, 11) is 0. The van der Waals surface area contributed by atoms with Crippen LogP contribution in [0.5, 0.6) is 0 Å². The number of rotatable bonds is 4. The van der Waals surface area contributed by atoms with Crippen LogP contribution in [0.25, 0.3) is 0 Å². The summed E-state index contributed by atoms with van der Waals surface area (Å²) >= 11 is 0. The minimum Gasteiger partial charge on any atom is -0.303 e. The lowest BCUT2D eigenvalue weighted by Gasteiger charge is -2.17. The highest BCUT2D eigenvalue weighted by Crippen LogP contribution is 2.11. The summed E-state index contributed by atoms with van der Waals surface area (Å²) in [5, 5.41) is 6.75. The van der Waals surface area contributed by atoms with Crippen molar-refractivity contribution in [3.63, 3.8) is 0 Å². The van der Waals surface area contributed by atoms with Gasteiger partial charge in [0.15, 0.2) is 0 Å². The fraction of sp³-hybridized carbons (Fsp3) is 0.571. The predicted molar refractivity (Wildman–Crippen MR) is 73.0 cm³/mol. The molecule has 2 saturated heterocycles. The molecule has 1 aromatic carbocycles. The Morgan fingerprint density at radius 3 is 1.89 bits per heavy atom. The summed E-state index contributed by atoms with van der Waals surface area (Å²) in [6.07, 6.45) is 0. The molecule has 2 fully saturated rings. The predicted octanol–water partition coefficient (Wildman–Crippen LogP) is 0.412. The fourth-order valence-electron chi connectivity index (χ4n) is 2.72. The Morgan fingerprint density at radius 1 is 0.889 bits per heavy atom. The third kappa shape index (κ3) is 3.09. The molecule has 0 saturated carbocycles. The van der Waals surface area contributed by atoms with Gasteiger partial charge in [0, 0.05) is 52.6 Å². The van der Waals surface area contributed by atoms with Crippen molar-refractivity contribution in [2.45, 2.75) is 13.1 Å². The molecule has 0 bridgehead atoms. The molecular weight excluding hydrogens is 224 g/mol. The molecule has 1 aromatic rings. The van der Waals surface area contributed by atoms with Crippen LogP contribution in [0.1, 0.15) is 11.1 Å². The number of nitrogens with one attached hydrogen (secondary N) is 2. The Morgan fingerprint density at radius 2 is 1.44 bits per heavy atom. The van der Waals surface area contributed by atoms with Crippen LogP contribution in [-0.2, 0) is 13.1 Å².